The van der Waals surface area contributed by atoms with Crippen molar-refractivity contribution in [3.63, 3.8) is 0 Å². The van der Waals surface area contributed by atoms with Gasteiger partial charge in [0.25, 0.3) is 5.91 Å². The molecule has 3 aromatic rings. The molecule has 26 heavy (non-hydrogen) atoms. The first-order chi connectivity index (χ1) is 12.6. The van der Waals surface area contributed by atoms with Crippen molar-refractivity contribution in [2.75, 3.05) is 6.54 Å². The lowest BCUT2D eigenvalue weighted by Gasteiger charge is -2.28. The van der Waals surface area contributed by atoms with Crippen LogP contribution in [-0.2, 0) is 13.0 Å². The Morgan fingerprint density at radius 2 is 1.77 bits per heavy atom. The molecular weight excluding hydrogens is 353 g/mol. The molecule has 1 aliphatic rings. The summed E-state index contributed by atoms with van der Waals surface area (Å²) in [5.41, 5.74) is 3.89. The maximum absolute atomic E-state index is 13.8. The van der Waals surface area contributed by atoms with E-state index in [1.54, 1.807) is 35.5 Å². The van der Waals surface area contributed by atoms with E-state index in [2.05, 4.69) is 9.97 Å². The zero-order valence-corrected chi connectivity index (χ0v) is 14.6. The van der Waals surface area contributed by atoms with Gasteiger partial charge < -0.3 is 4.90 Å². The summed E-state index contributed by atoms with van der Waals surface area (Å²) in [5.74, 6) is -0.425. The summed E-state index contributed by atoms with van der Waals surface area (Å²) < 4.78 is 13.8. The minimum atomic E-state index is -0.445. The number of fused-ring (bicyclic) bond motifs is 1. The Balaban J connectivity index is 1.62. The monoisotopic (exact) mass is 367 g/mol. The van der Waals surface area contributed by atoms with Crippen molar-refractivity contribution in [2.45, 2.75) is 13.0 Å². The highest BCUT2D eigenvalue weighted by Gasteiger charge is 2.23. The molecule has 2 aromatic carbocycles. The van der Waals surface area contributed by atoms with E-state index < -0.39 is 5.82 Å². The van der Waals surface area contributed by atoms with Gasteiger partial charge in [-0.2, -0.15) is 0 Å². The Hall–Kier alpha value is -2.79. The lowest BCUT2D eigenvalue weighted by Crippen LogP contribution is -2.36. The molecule has 0 fully saturated rings. The predicted octanol–water partition coefficient (Wildman–Crippen LogP) is 4.13. The Kier molecular flexibility index (Phi) is 4.39. The summed E-state index contributed by atoms with van der Waals surface area (Å²) in [6, 6.07) is 12.5. The van der Waals surface area contributed by atoms with Crippen molar-refractivity contribution < 1.29 is 9.18 Å². The summed E-state index contributed by atoms with van der Waals surface area (Å²) in [4.78, 5) is 22.4. The molecule has 0 saturated heterocycles. The topological polar surface area (TPSA) is 46.1 Å². The van der Waals surface area contributed by atoms with Gasteiger partial charge in [0, 0.05) is 25.5 Å². The maximum Gasteiger partial charge on any atom is 0.291 e. The van der Waals surface area contributed by atoms with E-state index in [0.29, 0.717) is 13.1 Å². The van der Waals surface area contributed by atoms with Crippen molar-refractivity contribution >= 4 is 17.5 Å². The van der Waals surface area contributed by atoms with Crippen LogP contribution >= 0.6 is 11.6 Å². The largest absolute Gasteiger partial charge is 0.331 e. The number of amides is 1. The Labute approximate surface area is 155 Å². The molecule has 1 aromatic heterocycles. The number of carbonyl (C=O) groups is 1. The number of carbonyl (C=O) groups excluding carboxylic acids is 1. The van der Waals surface area contributed by atoms with Crippen molar-refractivity contribution in [3.05, 3.63) is 82.6 Å². The van der Waals surface area contributed by atoms with Crippen molar-refractivity contribution in [2.24, 2.45) is 0 Å². The predicted molar refractivity (Wildman–Crippen MR) is 97.3 cm³/mol. The molecule has 0 radical (unpaired) electrons. The zero-order chi connectivity index (χ0) is 18.1. The van der Waals surface area contributed by atoms with Crippen LogP contribution in [0.1, 0.15) is 21.7 Å². The number of halogens is 2. The van der Waals surface area contributed by atoms with Crippen LogP contribution in [0.4, 0.5) is 4.39 Å². The van der Waals surface area contributed by atoms with Crippen LogP contribution in [0.5, 0.6) is 0 Å². The molecule has 4 rings (SSSR count). The second kappa shape index (κ2) is 6.84. The van der Waals surface area contributed by atoms with Gasteiger partial charge in [0.15, 0.2) is 0 Å². The van der Waals surface area contributed by atoms with E-state index in [9.17, 15) is 9.18 Å². The molecule has 0 aliphatic carbocycles. The second-order valence-corrected chi connectivity index (χ2v) is 6.57. The molecule has 0 N–H and O–H groups in total. The van der Waals surface area contributed by atoms with Gasteiger partial charge in [-0.05, 0) is 52.9 Å². The number of rotatable bonds is 2. The lowest BCUT2D eigenvalue weighted by molar-refractivity contribution is 0.0722. The van der Waals surface area contributed by atoms with Crippen LogP contribution in [-0.4, -0.2) is 27.3 Å². The maximum atomic E-state index is 13.8. The van der Waals surface area contributed by atoms with Gasteiger partial charge in [-0.25, -0.2) is 14.4 Å². The smallest absolute Gasteiger partial charge is 0.291 e. The summed E-state index contributed by atoms with van der Waals surface area (Å²) in [6.45, 7) is 1.11. The minimum Gasteiger partial charge on any atom is -0.331 e. The van der Waals surface area contributed by atoms with Crippen molar-refractivity contribution in [1.82, 2.24) is 14.9 Å². The Morgan fingerprint density at radius 1 is 1.04 bits per heavy atom. The van der Waals surface area contributed by atoms with Crippen LogP contribution in [0.3, 0.4) is 0 Å². The van der Waals surface area contributed by atoms with Gasteiger partial charge in [0.2, 0.25) is 5.82 Å². The third kappa shape index (κ3) is 3.18. The molecule has 6 heteroatoms. The molecule has 1 amide bonds. The van der Waals surface area contributed by atoms with Crippen LogP contribution in [0.2, 0.25) is 5.02 Å². The molecule has 4 nitrogen and oxygen atoms in total. The lowest BCUT2D eigenvalue weighted by atomic mass is 9.94. The quantitative estimate of drug-likeness (QED) is 0.684. The second-order valence-electron chi connectivity index (χ2n) is 6.16. The van der Waals surface area contributed by atoms with Gasteiger partial charge in [-0.1, -0.05) is 29.8 Å². The molecule has 2 heterocycles. The molecule has 0 saturated carbocycles. The van der Waals surface area contributed by atoms with Crippen LogP contribution in [0.25, 0.3) is 11.1 Å². The molecule has 0 unspecified atom stereocenters. The molecule has 0 bridgehead atoms. The summed E-state index contributed by atoms with van der Waals surface area (Å²) in [6.07, 6.45) is 3.89. The number of hydrogen-bond donors (Lipinski definition) is 0. The fraction of sp³-hybridized carbons (Fsp3) is 0.150. The molecule has 130 valence electrons. The molecule has 0 spiro atoms. The van der Waals surface area contributed by atoms with Crippen LogP contribution in [0, 0.1) is 5.82 Å². The summed E-state index contributed by atoms with van der Waals surface area (Å²) in [5, 5.41) is 0.103. The number of hydrogen-bond acceptors (Lipinski definition) is 3. The van der Waals surface area contributed by atoms with Gasteiger partial charge >= 0.3 is 0 Å². The summed E-state index contributed by atoms with van der Waals surface area (Å²) in [7, 11) is 0. The fourth-order valence-corrected chi connectivity index (χ4v) is 3.25. The van der Waals surface area contributed by atoms with Gasteiger partial charge in [0.05, 0.1) is 5.02 Å². The minimum absolute atomic E-state index is 0.103. The Bertz CT molecular complexity index is 978. The highest BCUT2D eigenvalue weighted by molar-refractivity contribution is 6.30. The highest BCUT2D eigenvalue weighted by atomic mass is 35.5. The first kappa shape index (κ1) is 16.7. The normalized spacial score (nSPS) is 13.4. The fourth-order valence-electron chi connectivity index (χ4n) is 3.14. The molecule has 0 atom stereocenters. The van der Waals surface area contributed by atoms with Crippen LogP contribution < -0.4 is 0 Å². The van der Waals surface area contributed by atoms with E-state index >= 15 is 0 Å². The van der Waals surface area contributed by atoms with Crippen molar-refractivity contribution in [3.8, 4) is 11.1 Å². The van der Waals surface area contributed by atoms with E-state index in [-0.39, 0.29) is 16.8 Å². The standard InChI is InChI=1S/C20H15ClFN3O/c21-17-5-4-15(11-18(17)22)14-3-2-13-6-9-25(12-16(13)10-14)20(26)19-23-7-1-8-24-19/h1-5,7-8,10-11H,6,9,12H2. The van der Waals surface area contributed by atoms with Gasteiger partial charge in [0.1, 0.15) is 5.82 Å². The van der Waals surface area contributed by atoms with E-state index in [4.69, 9.17) is 11.6 Å². The number of nitrogens with zero attached hydrogens (tertiary/aromatic N) is 3. The van der Waals surface area contributed by atoms with E-state index in [1.807, 2.05) is 18.2 Å². The first-order valence-corrected chi connectivity index (χ1v) is 8.63. The highest BCUT2D eigenvalue weighted by Crippen LogP contribution is 2.28. The average molecular weight is 368 g/mol. The van der Waals surface area contributed by atoms with Gasteiger partial charge in [-0.15, -0.1) is 0 Å². The van der Waals surface area contributed by atoms with Crippen molar-refractivity contribution in [1.29, 1.82) is 0 Å². The molecular formula is C20H15ClFN3O. The third-order valence-electron chi connectivity index (χ3n) is 4.52. The summed E-state index contributed by atoms with van der Waals surface area (Å²) >= 11 is 5.76. The van der Waals surface area contributed by atoms with E-state index in [1.165, 1.54) is 11.6 Å². The third-order valence-corrected chi connectivity index (χ3v) is 4.82. The first-order valence-electron chi connectivity index (χ1n) is 8.25. The zero-order valence-electron chi connectivity index (χ0n) is 13.8. The number of benzene rings is 2. The van der Waals surface area contributed by atoms with E-state index in [0.717, 1.165) is 23.1 Å². The average Bonchev–Trinajstić information content (AvgIpc) is 2.69. The van der Waals surface area contributed by atoms with Crippen LogP contribution in [0.15, 0.2) is 54.9 Å². The molecule has 1 aliphatic heterocycles. The SMILES string of the molecule is O=C(c1ncccn1)N1CCc2ccc(-c3ccc(Cl)c(F)c3)cc2C1. The number of aromatic nitrogens is 2. The Morgan fingerprint density at radius 3 is 2.54 bits per heavy atom. The van der Waals surface area contributed by atoms with Gasteiger partial charge in [-0.3, -0.25) is 4.79 Å².